The number of aromatic nitrogens is 2. The van der Waals surface area contributed by atoms with Crippen LogP contribution in [0.5, 0.6) is 0 Å². The number of aryl methyl sites for hydroxylation is 1. The number of halogens is 1. The second-order valence-corrected chi connectivity index (χ2v) is 5.00. The van der Waals surface area contributed by atoms with Gasteiger partial charge in [0, 0.05) is 28.8 Å². The summed E-state index contributed by atoms with van der Waals surface area (Å²) < 4.78 is 0.981. The Morgan fingerprint density at radius 1 is 1.37 bits per heavy atom. The standard InChI is InChI=1S/C13H14BrN3O2/c1-8-11(6-7-18)12(19)17-13(15-8)16-10-4-2-9(14)3-5-10/h2-5,18H,6-7H2,1H3,(H2,15,16,17,19). The summed E-state index contributed by atoms with van der Waals surface area (Å²) in [5.74, 6) is 0.395. The minimum atomic E-state index is -0.221. The van der Waals surface area contributed by atoms with Crippen molar-refractivity contribution in [3.8, 4) is 0 Å². The van der Waals surface area contributed by atoms with Crippen molar-refractivity contribution in [2.75, 3.05) is 11.9 Å². The molecule has 19 heavy (non-hydrogen) atoms. The molecule has 3 N–H and O–H groups in total. The van der Waals surface area contributed by atoms with Crippen molar-refractivity contribution in [2.24, 2.45) is 0 Å². The zero-order chi connectivity index (χ0) is 13.8. The average molecular weight is 324 g/mol. The fourth-order valence-electron chi connectivity index (χ4n) is 1.75. The molecule has 0 atom stereocenters. The fraction of sp³-hybridized carbons (Fsp3) is 0.231. The Labute approximate surface area is 118 Å². The number of benzene rings is 1. The third-order valence-electron chi connectivity index (χ3n) is 2.69. The van der Waals surface area contributed by atoms with Crippen LogP contribution in [0, 0.1) is 6.92 Å². The van der Waals surface area contributed by atoms with E-state index in [2.05, 4.69) is 31.2 Å². The van der Waals surface area contributed by atoms with Crippen molar-refractivity contribution < 1.29 is 5.11 Å². The van der Waals surface area contributed by atoms with E-state index in [1.165, 1.54) is 0 Å². The topological polar surface area (TPSA) is 78.0 Å². The molecule has 2 rings (SSSR count). The predicted molar refractivity (Wildman–Crippen MR) is 77.8 cm³/mol. The maximum Gasteiger partial charge on any atom is 0.255 e. The lowest BCUT2D eigenvalue weighted by molar-refractivity contribution is 0.298. The van der Waals surface area contributed by atoms with Crippen LogP contribution in [0.3, 0.4) is 0 Å². The molecule has 0 aliphatic carbocycles. The van der Waals surface area contributed by atoms with Gasteiger partial charge in [0.2, 0.25) is 5.95 Å². The van der Waals surface area contributed by atoms with E-state index >= 15 is 0 Å². The van der Waals surface area contributed by atoms with Crippen LogP contribution in [0.4, 0.5) is 11.6 Å². The molecule has 1 aromatic carbocycles. The molecule has 0 bridgehead atoms. The maximum atomic E-state index is 11.8. The van der Waals surface area contributed by atoms with Gasteiger partial charge in [0.1, 0.15) is 0 Å². The number of nitrogens with one attached hydrogen (secondary N) is 2. The molecule has 6 heteroatoms. The number of anilines is 2. The number of nitrogens with zero attached hydrogens (tertiary/aromatic N) is 1. The normalized spacial score (nSPS) is 10.5. The summed E-state index contributed by atoms with van der Waals surface area (Å²) in [6.45, 7) is 1.69. The average Bonchev–Trinajstić information content (AvgIpc) is 2.37. The highest BCUT2D eigenvalue weighted by Crippen LogP contribution is 2.16. The first-order valence-electron chi connectivity index (χ1n) is 5.83. The molecular formula is C13H14BrN3O2. The lowest BCUT2D eigenvalue weighted by Gasteiger charge is -2.08. The van der Waals surface area contributed by atoms with Crippen molar-refractivity contribution >= 4 is 27.6 Å². The van der Waals surface area contributed by atoms with Crippen LogP contribution in [-0.4, -0.2) is 21.7 Å². The summed E-state index contributed by atoms with van der Waals surface area (Å²) in [7, 11) is 0. The molecule has 0 aliphatic rings. The van der Waals surface area contributed by atoms with Gasteiger partial charge in [0.25, 0.3) is 5.56 Å². The van der Waals surface area contributed by atoms with E-state index in [1.807, 2.05) is 24.3 Å². The van der Waals surface area contributed by atoms with Crippen LogP contribution >= 0.6 is 15.9 Å². The SMILES string of the molecule is Cc1nc(Nc2ccc(Br)cc2)[nH]c(=O)c1CCO. The fourth-order valence-corrected chi connectivity index (χ4v) is 2.01. The number of aliphatic hydroxyl groups is 1. The monoisotopic (exact) mass is 323 g/mol. The van der Waals surface area contributed by atoms with Crippen molar-refractivity contribution in [1.82, 2.24) is 9.97 Å². The highest BCUT2D eigenvalue weighted by Gasteiger charge is 2.07. The zero-order valence-electron chi connectivity index (χ0n) is 10.4. The third-order valence-corrected chi connectivity index (χ3v) is 3.22. The first kappa shape index (κ1) is 13.8. The minimum Gasteiger partial charge on any atom is -0.396 e. The highest BCUT2D eigenvalue weighted by molar-refractivity contribution is 9.10. The summed E-state index contributed by atoms with van der Waals surface area (Å²) in [5.41, 5.74) is 1.75. The van der Waals surface area contributed by atoms with Gasteiger partial charge in [-0.05, 0) is 31.2 Å². The molecule has 0 saturated carbocycles. The van der Waals surface area contributed by atoms with Crippen molar-refractivity contribution in [3.63, 3.8) is 0 Å². The Bertz CT molecular complexity index is 623. The van der Waals surface area contributed by atoms with Gasteiger partial charge in [-0.3, -0.25) is 9.78 Å². The number of H-pyrrole nitrogens is 1. The van der Waals surface area contributed by atoms with E-state index in [0.717, 1.165) is 10.2 Å². The van der Waals surface area contributed by atoms with Gasteiger partial charge in [-0.15, -0.1) is 0 Å². The van der Waals surface area contributed by atoms with Gasteiger partial charge in [0.15, 0.2) is 0 Å². The Balaban J connectivity index is 2.27. The van der Waals surface area contributed by atoms with Gasteiger partial charge >= 0.3 is 0 Å². The molecule has 2 aromatic rings. The molecule has 0 fully saturated rings. The van der Waals surface area contributed by atoms with E-state index < -0.39 is 0 Å². The Morgan fingerprint density at radius 3 is 2.63 bits per heavy atom. The Kier molecular flexibility index (Phi) is 4.34. The quantitative estimate of drug-likeness (QED) is 0.805. The smallest absolute Gasteiger partial charge is 0.255 e. The lowest BCUT2D eigenvalue weighted by atomic mass is 10.2. The summed E-state index contributed by atoms with van der Waals surface area (Å²) >= 11 is 3.36. The van der Waals surface area contributed by atoms with E-state index in [-0.39, 0.29) is 12.2 Å². The minimum absolute atomic E-state index is 0.0644. The highest BCUT2D eigenvalue weighted by atomic mass is 79.9. The molecule has 0 radical (unpaired) electrons. The zero-order valence-corrected chi connectivity index (χ0v) is 12.0. The molecule has 1 heterocycles. The van der Waals surface area contributed by atoms with Gasteiger partial charge in [-0.25, -0.2) is 4.98 Å². The van der Waals surface area contributed by atoms with Crippen molar-refractivity contribution in [3.05, 3.63) is 50.3 Å². The van der Waals surface area contributed by atoms with Gasteiger partial charge in [-0.1, -0.05) is 15.9 Å². The molecule has 0 spiro atoms. The van der Waals surface area contributed by atoms with E-state index in [4.69, 9.17) is 5.11 Å². The van der Waals surface area contributed by atoms with Crippen LogP contribution in [0.15, 0.2) is 33.5 Å². The molecule has 0 amide bonds. The summed E-state index contributed by atoms with van der Waals surface area (Å²) in [6, 6.07) is 7.54. The van der Waals surface area contributed by atoms with Crippen LogP contribution in [0.2, 0.25) is 0 Å². The van der Waals surface area contributed by atoms with Gasteiger partial charge in [-0.2, -0.15) is 0 Å². The number of aliphatic hydroxyl groups excluding tert-OH is 1. The van der Waals surface area contributed by atoms with Crippen LogP contribution in [0.1, 0.15) is 11.3 Å². The predicted octanol–water partition coefficient (Wildman–Crippen LogP) is 2.12. The van der Waals surface area contributed by atoms with Crippen LogP contribution in [-0.2, 0) is 6.42 Å². The second-order valence-electron chi connectivity index (χ2n) is 4.08. The summed E-state index contributed by atoms with van der Waals surface area (Å²) in [4.78, 5) is 18.8. The maximum absolute atomic E-state index is 11.8. The second kappa shape index (κ2) is 5.99. The molecule has 0 aliphatic heterocycles. The van der Waals surface area contributed by atoms with Crippen molar-refractivity contribution in [2.45, 2.75) is 13.3 Å². The number of rotatable bonds is 4. The third kappa shape index (κ3) is 3.42. The molecule has 100 valence electrons. The largest absolute Gasteiger partial charge is 0.396 e. The van der Waals surface area contributed by atoms with Crippen LogP contribution in [0.25, 0.3) is 0 Å². The molecule has 5 nitrogen and oxygen atoms in total. The van der Waals surface area contributed by atoms with Crippen LogP contribution < -0.4 is 10.9 Å². The van der Waals surface area contributed by atoms with Gasteiger partial charge in [0.05, 0.1) is 5.69 Å². The molecule has 1 aromatic heterocycles. The molecule has 0 saturated heterocycles. The summed E-state index contributed by atoms with van der Waals surface area (Å²) in [6.07, 6.45) is 0.312. The van der Waals surface area contributed by atoms with E-state index in [9.17, 15) is 4.79 Å². The molecule has 0 unspecified atom stereocenters. The number of hydrogen-bond acceptors (Lipinski definition) is 4. The Hall–Kier alpha value is -1.66. The van der Waals surface area contributed by atoms with E-state index in [0.29, 0.717) is 23.6 Å². The molecular weight excluding hydrogens is 310 g/mol. The Morgan fingerprint density at radius 2 is 2.05 bits per heavy atom. The van der Waals surface area contributed by atoms with E-state index in [1.54, 1.807) is 6.92 Å². The summed E-state index contributed by atoms with van der Waals surface area (Å²) in [5, 5.41) is 11.9. The number of hydrogen-bond donors (Lipinski definition) is 3. The first-order chi connectivity index (χ1) is 9.10. The first-order valence-corrected chi connectivity index (χ1v) is 6.62. The number of aromatic amines is 1. The van der Waals surface area contributed by atoms with Crippen molar-refractivity contribution in [1.29, 1.82) is 0 Å². The lowest BCUT2D eigenvalue weighted by Crippen LogP contribution is -2.19. The van der Waals surface area contributed by atoms with Gasteiger partial charge < -0.3 is 10.4 Å².